The van der Waals surface area contributed by atoms with Crippen molar-refractivity contribution < 1.29 is 4.74 Å². The van der Waals surface area contributed by atoms with Gasteiger partial charge < -0.3 is 10.1 Å². The Labute approximate surface area is 107 Å². The van der Waals surface area contributed by atoms with Gasteiger partial charge in [-0.2, -0.15) is 0 Å². The fourth-order valence-corrected chi connectivity index (χ4v) is 3.28. The van der Waals surface area contributed by atoms with E-state index in [0.29, 0.717) is 11.7 Å². The van der Waals surface area contributed by atoms with E-state index in [4.69, 9.17) is 4.74 Å². The van der Waals surface area contributed by atoms with Gasteiger partial charge in [0.25, 0.3) is 0 Å². The summed E-state index contributed by atoms with van der Waals surface area (Å²) in [5.41, 5.74) is 0.575. The molecule has 1 spiro atoms. The molecule has 0 aromatic rings. The first-order valence-corrected chi connectivity index (χ1v) is 7.42. The summed E-state index contributed by atoms with van der Waals surface area (Å²) in [6, 6.07) is 0. The number of ether oxygens (including phenoxy) is 1. The van der Waals surface area contributed by atoms with Gasteiger partial charge in [0.15, 0.2) is 0 Å². The molecule has 0 aromatic heterocycles. The molecular weight excluding hydrogens is 210 g/mol. The van der Waals surface area contributed by atoms with Gasteiger partial charge in [0.05, 0.1) is 11.7 Å². The Morgan fingerprint density at radius 2 is 1.88 bits per heavy atom. The molecule has 0 bridgehead atoms. The molecule has 1 saturated carbocycles. The molecule has 100 valence electrons. The first-order valence-electron chi connectivity index (χ1n) is 7.42. The van der Waals surface area contributed by atoms with E-state index >= 15 is 0 Å². The number of hydrogen-bond acceptors (Lipinski definition) is 2. The Hall–Kier alpha value is -0.0800. The predicted octanol–water partition coefficient (Wildman–Crippen LogP) is 3.65. The second kappa shape index (κ2) is 5.27. The number of hydrogen-bond donors (Lipinski definition) is 1. The Balaban J connectivity index is 1.62. The van der Waals surface area contributed by atoms with E-state index in [1.165, 1.54) is 51.4 Å². The first-order chi connectivity index (χ1) is 7.99. The van der Waals surface area contributed by atoms with Crippen LogP contribution < -0.4 is 5.32 Å². The summed E-state index contributed by atoms with van der Waals surface area (Å²) in [4.78, 5) is 0. The van der Waals surface area contributed by atoms with Crippen LogP contribution in [0.2, 0.25) is 0 Å². The molecule has 2 aliphatic rings. The molecule has 2 rings (SSSR count). The monoisotopic (exact) mass is 239 g/mol. The quantitative estimate of drug-likeness (QED) is 0.756. The summed E-state index contributed by atoms with van der Waals surface area (Å²) in [6.45, 7) is 7.81. The largest absolute Gasteiger partial charge is 0.372 e. The van der Waals surface area contributed by atoms with Gasteiger partial charge >= 0.3 is 0 Å². The lowest BCUT2D eigenvalue weighted by molar-refractivity contribution is -0.0393. The predicted molar refractivity (Wildman–Crippen MR) is 72.3 cm³/mol. The molecule has 2 fully saturated rings. The lowest BCUT2D eigenvalue weighted by Gasteiger charge is -2.24. The average Bonchev–Trinajstić information content (AvgIpc) is 2.84. The minimum Gasteiger partial charge on any atom is -0.372 e. The summed E-state index contributed by atoms with van der Waals surface area (Å²) in [5.74, 6) is 0. The lowest BCUT2D eigenvalue weighted by atomic mass is 9.98. The smallest absolute Gasteiger partial charge is 0.0687 e. The maximum Gasteiger partial charge on any atom is 0.0687 e. The van der Waals surface area contributed by atoms with Crippen molar-refractivity contribution >= 4 is 0 Å². The SMILES string of the molecule is CC(C)(C)NCCCC1CCC2(CCCC2)O1. The van der Waals surface area contributed by atoms with Crippen LogP contribution in [0.15, 0.2) is 0 Å². The molecule has 2 nitrogen and oxygen atoms in total. The van der Waals surface area contributed by atoms with Crippen molar-refractivity contribution in [3.63, 3.8) is 0 Å². The molecule has 1 atom stereocenters. The highest BCUT2D eigenvalue weighted by Crippen LogP contribution is 2.44. The van der Waals surface area contributed by atoms with E-state index in [-0.39, 0.29) is 5.54 Å². The van der Waals surface area contributed by atoms with E-state index in [1.807, 2.05) is 0 Å². The van der Waals surface area contributed by atoms with Crippen LogP contribution in [0.25, 0.3) is 0 Å². The van der Waals surface area contributed by atoms with Crippen molar-refractivity contribution in [3.05, 3.63) is 0 Å². The van der Waals surface area contributed by atoms with E-state index in [1.54, 1.807) is 0 Å². The van der Waals surface area contributed by atoms with Crippen LogP contribution in [-0.4, -0.2) is 23.8 Å². The average molecular weight is 239 g/mol. The van der Waals surface area contributed by atoms with E-state index < -0.39 is 0 Å². The maximum absolute atomic E-state index is 6.31. The fraction of sp³-hybridized carbons (Fsp3) is 1.00. The van der Waals surface area contributed by atoms with Crippen molar-refractivity contribution in [2.24, 2.45) is 0 Å². The molecule has 0 radical (unpaired) electrons. The third kappa shape index (κ3) is 3.96. The second-order valence-electron chi connectivity index (χ2n) is 6.99. The second-order valence-corrected chi connectivity index (χ2v) is 6.99. The molecule has 1 aliphatic carbocycles. The highest BCUT2D eigenvalue weighted by molar-refractivity contribution is 4.92. The van der Waals surface area contributed by atoms with E-state index in [2.05, 4.69) is 26.1 Å². The number of rotatable bonds is 4. The summed E-state index contributed by atoms with van der Waals surface area (Å²) >= 11 is 0. The molecule has 0 aromatic carbocycles. The summed E-state index contributed by atoms with van der Waals surface area (Å²) < 4.78 is 6.31. The zero-order chi connectivity index (χ0) is 12.4. The molecule has 1 N–H and O–H groups in total. The van der Waals surface area contributed by atoms with Crippen LogP contribution in [-0.2, 0) is 4.74 Å². The maximum atomic E-state index is 6.31. The Morgan fingerprint density at radius 1 is 1.18 bits per heavy atom. The Bertz CT molecular complexity index is 238. The van der Waals surface area contributed by atoms with Crippen LogP contribution in [0.4, 0.5) is 0 Å². The van der Waals surface area contributed by atoms with E-state index in [9.17, 15) is 0 Å². The summed E-state index contributed by atoms with van der Waals surface area (Å²) in [6.07, 6.45) is 11.1. The van der Waals surface area contributed by atoms with Crippen LogP contribution in [0.3, 0.4) is 0 Å². The van der Waals surface area contributed by atoms with E-state index in [0.717, 1.165) is 6.54 Å². The minimum atomic E-state index is 0.253. The number of nitrogens with one attached hydrogen (secondary N) is 1. The Kier molecular flexibility index (Phi) is 4.14. The van der Waals surface area contributed by atoms with Crippen LogP contribution in [0.1, 0.15) is 72.1 Å². The van der Waals surface area contributed by atoms with Gasteiger partial charge in [-0.3, -0.25) is 0 Å². The van der Waals surface area contributed by atoms with Crippen LogP contribution in [0.5, 0.6) is 0 Å². The van der Waals surface area contributed by atoms with Crippen molar-refractivity contribution in [3.8, 4) is 0 Å². The zero-order valence-electron chi connectivity index (χ0n) is 11.8. The van der Waals surface area contributed by atoms with Crippen LogP contribution in [0, 0.1) is 0 Å². The van der Waals surface area contributed by atoms with Gasteiger partial charge in [-0.15, -0.1) is 0 Å². The highest BCUT2D eigenvalue weighted by Gasteiger charge is 2.41. The third-order valence-electron chi connectivity index (χ3n) is 4.21. The molecular formula is C15H29NO. The lowest BCUT2D eigenvalue weighted by Crippen LogP contribution is -2.36. The van der Waals surface area contributed by atoms with Gasteiger partial charge in [0.2, 0.25) is 0 Å². The van der Waals surface area contributed by atoms with Crippen LogP contribution >= 0.6 is 0 Å². The van der Waals surface area contributed by atoms with Crippen molar-refractivity contribution in [1.29, 1.82) is 0 Å². The molecule has 17 heavy (non-hydrogen) atoms. The third-order valence-corrected chi connectivity index (χ3v) is 4.21. The molecule has 0 amide bonds. The topological polar surface area (TPSA) is 21.3 Å². The molecule has 1 unspecified atom stereocenters. The van der Waals surface area contributed by atoms with Gasteiger partial charge in [0, 0.05) is 5.54 Å². The van der Waals surface area contributed by atoms with Crippen molar-refractivity contribution in [1.82, 2.24) is 5.32 Å². The van der Waals surface area contributed by atoms with Crippen molar-refractivity contribution in [2.45, 2.75) is 89.4 Å². The summed E-state index contributed by atoms with van der Waals surface area (Å²) in [5, 5.41) is 3.55. The van der Waals surface area contributed by atoms with Gasteiger partial charge in [-0.25, -0.2) is 0 Å². The molecule has 1 aliphatic heterocycles. The van der Waals surface area contributed by atoms with Gasteiger partial charge in [-0.05, 0) is 65.8 Å². The first kappa shape index (κ1) is 13.4. The molecule has 1 heterocycles. The minimum absolute atomic E-state index is 0.253. The van der Waals surface area contributed by atoms with Crippen molar-refractivity contribution in [2.75, 3.05) is 6.54 Å². The zero-order valence-corrected chi connectivity index (χ0v) is 11.8. The normalized spacial score (nSPS) is 28.1. The fourth-order valence-electron chi connectivity index (χ4n) is 3.28. The Morgan fingerprint density at radius 3 is 2.53 bits per heavy atom. The van der Waals surface area contributed by atoms with Gasteiger partial charge in [-0.1, -0.05) is 12.8 Å². The molecule has 1 saturated heterocycles. The standard InChI is InChI=1S/C15H29NO/c1-14(2,3)16-12-6-7-13-8-11-15(17-13)9-4-5-10-15/h13,16H,4-12H2,1-3H3. The van der Waals surface area contributed by atoms with Gasteiger partial charge in [0.1, 0.15) is 0 Å². The summed E-state index contributed by atoms with van der Waals surface area (Å²) in [7, 11) is 0. The molecule has 2 heteroatoms. The highest BCUT2D eigenvalue weighted by atomic mass is 16.5.